The Balaban J connectivity index is 2.14. The molecule has 0 aliphatic rings. The highest BCUT2D eigenvalue weighted by atomic mass is 79.9. The van der Waals surface area contributed by atoms with Gasteiger partial charge in [0.2, 0.25) is 10.0 Å². The van der Waals surface area contributed by atoms with Gasteiger partial charge in [0.1, 0.15) is 10.7 Å². The first kappa shape index (κ1) is 14.7. The third-order valence-electron chi connectivity index (χ3n) is 2.36. The predicted octanol–water partition coefficient (Wildman–Crippen LogP) is 2.30. The largest absolute Gasteiger partial charge is 0.468 e. The zero-order valence-electron chi connectivity index (χ0n) is 10.1. The van der Waals surface area contributed by atoms with Gasteiger partial charge in [0.05, 0.1) is 16.6 Å². The molecule has 0 bridgehead atoms. The van der Waals surface area contributed by atoms with E-state index in [9.17, 15) is 8.42 Å². The Morgan fingerprint density at radius 3 is 2.84 bits per heavy atom. The van der Waals surface area contributed by atoms with Crippen LogP contribution in [0.1, 0.15) is 10.6 Å². The molecule has 104 valence electrons. The van der Waals surface area contributed by atoms with Crippen molar-refractivity contribution in [2.45, 2.75) is 18.0 Å². The molecule has 0 spiro atoms. The second kappa shape index (κ2) is 6.19. The van der Waals surface area contributed by atoms with Gasteiger partial charge in [-0.2, -0.15) is 0 Å². The molecule has 0 aliphatic heterocycles. The molecule has 2 heterocycles. The van der Waals surface area contributed by atoms with Crippen molar-refractivity contribution in [1.29, 1.82) is 0 Å². The summed E-state index contributed by atoms with van der Waals surface area (Å²) >= 11 is 4.69. The monoisotopic (exact) mass is 364 g/mol. The quantitative estimate of drug-likeness (QED) is 0.824. The summed E-state index contributed by atoms with van der Waals surface area (Å²) in [6.45, 7) is 0.774. The van der Waals surface area contributed by atoms with Crippen molar-refractivity contribution in [1.82, 2.24) is 10.0 Å². The van der Waals surface area contributed by atoms with Crippen LogP contribution in [0.5, 0.6) is 0 Å². The maximum Gasteiger partial charge on any atom is 0.242 e. The first-order chi connectivity index (χ1) is 9.03. The highest BCUT2D eigenvalue weighted by Crippen LogP contribution is 2.31. The van der Waals surface area contributed by atoms with E-state index < -0.39 is 10.0 Å². The highest BCUT2D eigenvalue weighted by molar-refractivity contribution is 9.11. The van der Waals surface area contributed by atoms with Crippen LogP contribution in [0, 0.1) is 0 Å². The Morgan fingerprint density at radius 1 is 1.42 bits per heavy atom. The Bertz CT molecular complexity index is 635. The Kier molecular flexibility index (Phi) is 4.80. The minimum absolute atomic E-state index is 0.138. The number of thiophene rings is 1. The second-order valence-electron chi connectivity index (χ2n) is 3.78. The zero-order valence-corrected chi connectivity index (χ0v) is 13.4. The molecule has 5 nitrogen and oxygen atoms in total. The predicted molar refractivity (Wildman–Crippen MR) is 77.5 cm³/mol. The Morgan fingerprint density at radius 2 is 2.21 bits per heavy atom. The molecule has 0 saturated carbocycles. The number of rotatable bonds is 6. The molecule has 8 heteroatoms. The fourth-order valence-corrected chi connectivity index (χ4v) is 5.19. The lowest BCUT2D eigenvalue weighted by molar-refractivity contribution is 0.498. The van der Waals surface area contributed by atoms with Crippen LogP contribution < -0.4 is 10.0 Å². The van der Waals surface area contributed by atoms with E-state index in [-0.39, 0.29) is 11.4 Å². The van der Waals surface area contributed by atoms with Crippen LogP contribution in [0.3, 0.4) is 0 Å². The molecule has 2 N–H and O–H groups in total. The smallest absolute Gasteiger partial charge is 0.242 e. The number of hydrogen-bond acceptors (Lipinski definition) is 5. The second-order valence-corrected chi connectivity index (χ2v) is 7.97. The van der Waals surface area contributed by atoms with E-state index in [1.54, 1.807) is 18.2 Å². The van der Waals surface area contributed by atoms with E-state index in [0.29, 0.717) is 16.1 Å². The lowest BCUT2D eigenvalue weighted by Crippen LogP contribution is -2.22. The summed E-state index contributed by atoms with van der Waals surface area (Å²) in [5.41, 5.74) is 0. The molecule has 0 amide bonds. The van der Waals surface area contributed by atoms with Crippen LogP contribution in [0.4, 0.5) is 0 Å². The lowest BCUT2D eigenvalue weighted by Gasteiger charge is -2.03. The van der Waals surface area contributed by atoms with Gasteiger partial charge >= 0.3 is 0 Å². The standard InChI is InChI=1S/C11H13BrN2O3S2/c1-13-7-9-5-10(11(12)18-9)19(15,16)14-6-8-3-2-4-17-8/h2-5,13-14H,6-7H2,1H3. The maximum atomic E-state index is 12.2. The average Bonchev–Trinajstić information content (AvgIpc) is 2.97. The minimum atomic E-state index is -3.54. The van der Waals surface area contributed by atoms with Crippen LogP contribution in [0.15, 0.2) is 37.6 Å². The van der Waals surface area contributed by atoms with Crippen molar-refractivity contribution in [2.24, 2.45) is 0 Å². The fraction of sp³-hybridized carbons (Fsp3) is 0.273. The molecule has 0 radical (unpaired) electrons. The van der Waals surface area contributed by atoms with Gasteiger partial charge in [-0.15, -0.1) is 11.3 Å². The molecule has 19 heavy (non-hydrogen) atoms. The lowest BCUT2D eigenvalue weighted by atomic mass is 10.5. The van der Waals surface area contributed by atoms with Crippen molar-refractivity contribution < 1.29 is 12.8 Å². The van der Waals surface area contributed by atoms with Gasteiger partial charge in [-0.05, 0) is 41.2 Å². The topological polar surface area (TPSA) is 71.3 Å². The van der Waals surface area contributed by atoms with Gasteiger partial charge < -0.3 is 9.73 Å². The summed E-state index contributed by atoms with van der Waals surface area (Å²) in [5.74, 6) is 0.574. The van der Waals surface area contributed by atoms with Gasteiger partial charge in [0.15, 0.2) is 0 Å². The van der Waals surface area contributed by atoms with Gasteiger partial charge in [-0.1, -0.05) is 0 Å². The van der Waals surface area contributed by atoms with Crippen molar-refractivity contribution in [3.8, 4) is 0 Å². The van der Waals surface area contributed by atoms with E-state index in [2.05, 4.69) is 26.0 Å². The SMILES string of the molecule is CNCc1cc(S(=O)(=O)NCc2ccco2)c(Br)s1. The fourth-order valence-electron chi connectivity index (χ4n) is 1.50. The van der Waals surface area contributed by atoms with Gasteiger partial charge in [0.25, 0.3) is 0 Å². The Hall–Kier alpha value is -0.670. The van der Waals surface area contributed by atoms with Crippen LogP contribution in [0.25, 0.3) is 0 Å². The molecule has 0 saturated heterocycles. The zero-order chi connectivity index (χ0) is 13.9. The number of sulfonamides is 1. The first-order valence-corrected chi connectivity index (χ1v) is 8.57. The average molecular weight is 365 g/mol. The van der Waals surface area contributed by atoms with Crippen molar-refractivity contribution in [3.05, 3.63) is 38.9 Å². The van der Waals surface area contributed by atoms with Crippen molar-refractivity contribution >= 4 is 37.3 Å². The molecule has 0 atom stereocenters. The summed E-state index contributed by atoms with van der Waals surface area (Å²) in [7, 11) is -1.72. The summed E-state index contributed by atoms with van der Waals surface area (Å²) in [6.07, 6.45) is 1.51. The number of halogens is 1. The van der Waals surface area contributed by atoms with E-state index in [4.69, 9.17) is 4.42 Å². The maximum absolute atomic E-state index is 12.2. The minimum Gasteiger partial charge on any atom is -0.468 e. The number of hydrogen-bond donors (Lipinski definition) is 2. The number of nitrogens with one attached hydrogen (secondary N) is 2. The third kappa shape index (κ3) is 3.67. The van der Waals surface area contributed by atoms with Crippen molar-refractivity contribution in [2.75, 3.05) is 7.05 Å². The molecule has 2 rings (SSSR count). The molecule has 0 unspecified atom stereocenters. The molecule has 0 fully saturated rings. The van der Waals surface area contributed by atoms with Crippen LogP contribution >= 0.6 is 27.3 Å². The highest BCUT2D eigenvalue weighted by Gasteiger charge is 2.20. The van der Waals surface area contributed by atoms with Crippen LogP contribution in [-0.4, -0.2) is 15.5 Å². The van der Waals surface area contributed by atoms with Crippen LogP contribution in [-0.2, 0) is 23.1 Å². The Labute approximate surface area is 124 Å². The summed E-state index contributed by atoms with van der Waals surface area (Å²) < 4.78 is 32.5. The number of furan rings is 1. The summed E-state index contributed by atoms with van der Waals surface area (Å²) in [5, 5.41) is 2.99. The van der Waals surface area contributed by atoms with E-state index in [1.165, 1.54) is 17.6 Å². The van der Waals surface area contributed by atoms with E-state index in [1.807, 2.05) is 7.05 Å². The van der Waals surface area contributed by atoms with Crippen LogP contribution in [0.2, 0.25) is 0 Å². The van der Waals surface area contributed by atoms with E-state index >= 15 is 0 Å². The molecular formula is C11H13BrN2O3S2. The first-order valence-electron chi connectivity index (χ1n) is 5.48. The summed E-state index contributed by atoms with van der Waals surface area (Å²) in [6, 6.07) is 5.10. The summed E-state index contributed by atoms with van der Waals surface area (Å²) in [4.78, 5) is 1.21. The molecule has 2 aromatic heterocycles. The van der Waals surface area contributed by atoms with Gasteiger partial charge in [0, 0.05) is 11.4 Å². The third-order valence-corrected chi connectivity index (χ3v) is 6.02. The van der Waals surface area contributed by atoms with Crippen molar-refractivity contribution in [3.63, 3.8) is 0 Å². The normalized spacial score (nSPS) is 11.9. The van der Waals surface area contributed by atoms with Gasteiger partial charge in [-0.25, -0.2) is 13.1 Å². The molecule has 2 aromatic rings. The molecule has 0 aromatic carbocycles. The molecule has 0 aliphatic carbocycles. The van der Waals surface area contributed by atoms with Gasteiger partial charge in [-0.3, -0.25) is 0 Å². The molecular weight excluding hydrogens is 352 g/mol. The van der Waals surface area contributed by atoms with E-state index in [0.717, 1.165) is 4.88 Å².